The highest BCUT2D eigenvalue weighted by Crippen LogP contribution is 2.25. The lowest BCUT2D eigenvalue weighted by atomic mass is 10.0. The minimum Gasteiger partial charge on any atom is -0.399 e. The summed E-state index contributed by atoms with van der Waals surface area (Å²) in [5.41, 5.74) is 6.32. The summed E-state index contributed by atoms with van der Waals surface area (Å²) in [5.74, 6) is 0.312. The second kappa shape index (κ2) is 5.23. The molecule has 0 radical (unpaired) electrons. The number of nitrogens with one attached hydrogen (secondary N) is 1. The summed E-state index contributed by atoms with van der Waals surface area (Å²) in [7, 11) is 0. The first-order valence-electron chi connectivity index (χ1n) is 5.47. The summed E-state index contributed by atoms with van der Waals surface area (Å²) in [6, 6.07) is 7.55. The maximum absolute atomic E-state index is 11.5. The molecule has 2 amide bonds. The van der Waals surface area contributed by atoms with E-state index in [2.05, 4.69) is 5.32 Å². The minimum absolute atomic E-state index is 0.0738. The van der Waals surface area contributed by atoms with Crippen LogP contribution in [0.3, 0.4) is 0 Å². The van der Waals surface area contributed by atoms with Crippen molar-refractivity contribution in [3.8, 4) is 0 Å². The van der Waals surface area contributed by atoms with Crippen molar-refractivity contribution >= 4 is 29.3 Å². The molecule has 1 aromatic carbocycles. The SMILES string of the molecule is Nc1ccc(SCC2CCC(=O)NC2=O)cc1. The van der Waals surface area contributed by atoms with Crippen molar-refractivity contribution < 1.29 is 9.59 Å². The molecule has 1 atom stereocenters. The van der Waals surface area contributed by atoms with Gasteiger partial charge in [0.15, 0.2) is 0 Å². The van der Waals surface area contributed by atoms with Crippen molar-refractivity contribution in [2.24, 2.45) is 5.92 Å². The third-order valence-corrected chi connectivity index (χ3v) is 3.86. The van der Waals surface area contributed by atoms with E-state index in [0.29, 0.717) is 18.6 Å². The molecule has 2 rings (SSSR count). The molecule has 0 saturated carbocycles. The van der Waals surface area contributed by atoms with Crippen molar-refractivity contribution in [3.63, 3.8) is 0 Å². The van der Waals surface area contributed by atoms with Crippen LogP contribution in [0.2, 0.25) is 0 Å². The van der Waals surface area contributed by atoms with E-state index in [0.717, 1.165) is 10.6 Å². The summed E-state index contributed by atoms with van der Waals surface area (Å²) in [5, 5.41) is 2.36. The number of nitrogen functional groups attached to an aromatic ring is 1. The number of piperidine rings is 1. The normalized spacial score (nSPS) is 20.1. The average molecular weight is 250 g/mol. The van der Waals surface area contributed by atoms with Crippen LogP contribution in [0, 0.1) is 5.92 Å². The highest BCUT2D eigenvalue weighted by molar-refractivity contribution is 7.99. The summed E-state index contributed by atoms with van der Waals surface area (Å²) in [6.07, 6.45) is 1.09. The van der Waals surface area contributed by atoms with Crippen LogP contribution >= 0.6 is 11.8 Å². The van der Waals surface area contributed by atoms with Gasteiger partial charge in [0.2, 0.25) is 11.8 Å². The fraction of sp³-hybridized carbons (Fsp3) is 0.333. The fourth-order valence-corrected chi connectivity index (χ4v) is 2.70. The second-order valence-electron chi connectivity index (χ2n) is 4.03. The Labute approximate surface area is 104 Å². The van der Waals surface area contributed by atoms with Gasteiger partial charge in [0.05, 0.1) is 0 Å². The number of benzene rings is 1. The van der Waals surface area contributed by atoms with Gasteiger partial charge in [-0.05, 0) is 30.7 Å². The Morgan fingerprint density at radius 1 is 1.29 bits per heavy atom. The van der Waals surface area contributed by atoms with Gasteiger partial charge in [-0.25, -0.2) is 0 Å². The monoisotopic (exact) mass is 250 g/mol. The Morgan fingerprint density at radius 2 is 2.00 bits per heavy atom. The number of carbonyl (C=O) groups is 2. The molecule has 4 nitrogen and oxygen atoms in total. The molecule has 17 heavy (non-hydrogen) atoms. The van der Waals surface area contributed by atoms with E-state index >= 15 is 0 Å². The molecule has 90 valence electrons. The lowest BCUT2D eigenvalue weighted by Gasteiger charge is -2.20. The van der Waals surface area contributed by atoms with Gasteiger partial charge in [0.25, 0.3) is 0 Å². The Bertz CT molecular complexity index is 431. The van der Waals surface area contributed by atoms with E-state index in [1.165, 1.54) is 0 Å². The number of hydrogen-bond donors (Lipinski definition) is 2. The van der Waals surface area contributed by atoms with Crippen LogP contribution in [-0.4, -0.2) is 17.6 Å². The van der Waals surface area contributed by atoms with Crippen LogP contribution in [0.25, 0.3) is 0 Å². The molecule has 5 heteroatoms. The number of carbonyl (C=O) groups excluding carboxylic acids is 2. The molecular weight excluding hydrogens is 236 g/mol. The van der Waals surface area contributed by atoms with Crippen molar-refractivity contribution in [2.45, 2.75) is 17.7 Å². The van der Waals surface area contributed by atoms with Crippen LogP contribution in [0.5, 0.6) is 0 Å². The molecule has 0 aliphatic carbocycles. The van der Waals surface area contributed by atoms with E-state index in [9.17, 15) is 9.59 Å². The topological polar surface area (TPSA) is 72.2 Å². The highest BCUT2D eigenvalue weighted by Gasteiger charge is 2.26. The number of imide groups is 1. The van der Waals surface area contributed by atoms with Gasteiger partial charge < -0.3 is 5.73 Å². The Morgan fingerprint density at radius 3 is 2.65 bits per heavy atom. The maximum Gasteiger partial charge on any atom is 0.230 e. The van der Waals surface area contributed by atoms with Crippen LogP contribution in [0.4, 0.5) is 5.69 Å². The van der Waals surface area contributed by atoms with E-state index in [-0.39, 0.29) is 17.7 Å². The van der Waals surface area contributed by atoms with Gasteiger partial charge in [-0.1, -0.05) is 0 Å². The number of hydrogen-bond acceptors (Lipinski definition) is 4. The Kier molecular flexibility index (Phi) is 3.68. The molecule has 1 aromatic rings. The van der Waals surface area contributed by atoms with Gasteiger partial charge >= 0.3 is 0 Å². The van der Waals surface area contributed by atoms with Gasteiger partial charge in [0, 0.05) is 28.7 Å². The Hall–Kier alpha value is -1.49. The van der Waals surface area contributed by atoms with Crippen LogP contribution in [0.1, 0.15) is 12.8 Å². The third kappa shape index (κ3) is 3.23. The van der Waals surface area contributed by atoms with E-state index in [4.69, 9.17) is 5.73 Å². The molecule has 1 heterocycles. The zero-order valence-electron chi connectivity index (χ0n) is 9.31. The molecule has 1 aliphatic rings. The largest absolute Gasteiger partial charge is 0.399 e. The van der Waals surface area contributed by atoms with Crippen molar-refractivity contribution in [3.05, 3.63) is 24.3 Å². The zero-order valence-corrected chi connectivity index (χ0v) is 10.1. The van der Waals surface area contributed by atoms with E-state index in [1.807, 2.05) is 24.3 Å². The molecule has 1 aliphatic heterocycles. The predicted molar refractivity (Wildman–Crippen MR) is 67.5 cm³/mol. The number of nitrogens with two attached hydrogens (primary N) is 1. The predicted octanol–water partition coefficient (Wildman–Crippen LogP) is 1.41. The number of rotatable bonds is 3. The standard InChI is InChI=1S/C12H14N2O2S/c13-9-2-4-10(5-3-9)17-7-8-1-6-11(15)14-12(8)16/h2-5,8H,1,6-7,13H2,(H,14,15,16). The zero-order chi connectivity index (χ0) is 12.3. The second-order valence-corrected chi connectivity index (χ2v) is 5.12. The minimum atomic E-state index is -0.163. The Balaban J connectivity index is 1.88. The maximum atomic E-state index is 11.5. The van der Waals surface area contributed by atoms with E-state index in [1.54, 1.807) is 11.8 Å². The molecule has 0 bridgehead atoms. The number of anilines is 1. The fourth-order valence-electron chi connectivity index (χ4n) is 1.66. The molecule has 1 fully saturated rings. The van der Waals surface area contributed by atoms with Crippen LogP contribution in [0.15, 0.2) is 29.2 Å². The summed E-state index contributed by atoms with van der Waals surface area (Å²) < 4.78 is 0. The van der Waals surface area contributed by atoms with Gasteiger partial charge in [-0.15, -0.1) is 11.8 Å². The lowest BCUT2D eigenvalue weighted by molar-refractivity contribution is -0.135. The van der Waals surface area contributed by atoms with Crippen LogP contribution < -0.4 is 11.1 Å². The average Bonchev–Trinajstić information content (AvgIpc) is 2.30. The van der Waals surface area contributed by atoms with E-state index < -0.39 is 0 Å². The summed E-state index contributed by atoms with van der Waals surface area (Å²) >= 11 is 1.61. The molecule has 1 saturated heterocycles. The number of amides is 2. The smallest absolute Gasteiger partial charge is 0.230 e. The van der Waals surface area contributed by atoms with Gasteiger partial charge in [0.1, 0.15) is 0 Å². The van der Waals surface area contributed by atoms with Crippen molar-refractivity contribution in [2.75, 3.05) is 11.5 Å². The van der Waals surface area contributed by atoms with Crippen molar-refractivity contribution in [1.29, 1.82) is 0 Å². The van der Waals surface area contributed by atoms with Gasteiger partial charge in [-0.2, -0.15) is 0 Å². The number of thioether (sulfide) groups is 1. The summed E-state index contributed by atoms with van der Waals surface area (Å²) in [4.78, 5) is 23.6. The molecule has 3 N–H and O–H groups in total. The molecule has 1 unspecified atom stereocenters. The highest BCUT2D eigenvalue weighted by atomic mass is 32.2. The first-order chi connectivity index (χ1) is 8.15. The molecule has 0 spiro atoms. The van der Waals surface area contributed by atoms with Gasteiger partial charge in [-0.3, -0.25) is 14.9 Å². The first-order valence-corrected chi connectivity index (χ1v) is 6.46. The third-order valence-electron chi connectivity index (χ3n) is 2.68. The van der Waals surface area contributed by atoms with Crippen molar-refractivity contribution in [1.82, 2.24) is 5.32 Å². The molecule has 0 aromatic heterocycles. The summed E-state index contributed by atoms with van der Waals surface area (Å²) in [6.45, 7) is 0. The lowest BCUT2D eigenvalue weighted by Crippen LogP contribution is -2.41. The quantitative estimate of drug-likeness (QED) is 0.483. The molecular formula is C12H14N2O2S. The first kappa shape index (κ1) is 12.0. The van der Waals surface area contributed by atoms with Crippen LogP contribution in [-0.2, 0) is 9.59 Å².